The van der Waals surface area contributed by atoms with E-state index in [2.05, 4.69) is 104 Å². The summed E-state index contributed by atoms with van der Waals surface area (Å²) in [7, 11) is 0. The highest BCUT2D eigenvalue weighted by Gasteiger charge is 2.79. The van der Waals surface area contributed by atoms with Crippen LogP contribution in [0.25, 0.3) is 0 Å². The van der Waals surface area contributed by atoms with Crippen molar-refractivity contribution in [2.24, 2.45) is 60.1 Å². The first-order chi connectivity index (χ1) is 21.8. The Bertz CT molecular complexity index is 988. The monoisotopic (exact) mass is 653 g/mol. The Labute approximate surface area is 298 Å². The van der Waals surface area contributed by atoms with E-state index in [1.807, 2.05) is 0 Å². The Kier molecular flexibility index (Phi) is 11.2. The molecule has 0 nitrogen and oxygen atoms in total. The zero-order chi connectivity index (χ0) is 35.4. The van der Waals surface area contributed by atoms with E-state index in [0.717, 1.165) is 5.92 Å². The fraction of sp³-hybridized carbons (Fsp3) is 1.00. The Morgan fingerprint density at radius 3 is 0.936 bits per heavy atom. The second-order valence-corrected chi connectivity index (χ2v) is 21.6. The zero-order valence-electron chi connectivity index (χ0n) is 35.4. The van der Waals surface area contributed by atoms with E-state index in [1.54, 1.807) is 25.7 Å². The number of fused-ring (bicyclic) bond motifs is 5. The SMILES string of the molecule is CC1(C23CCC4(C)CC(C)(CC2)C2(C)CC3CC42C)CCC2(C)CC(C)(CC1)C1(C)CCCC21C.CCCC.CCCC.CCCC. The van der Waals surface area contributed by atoms with Crippen LogP contribution >= 0.6 is 0 Å². The predicted octanol–water partition coefficient (Wildman–Crippen LogP) is 16.0. The molecule has 0 amide bonds. The van der Waals surface area contributed by atoms with Crippen molar-refractivity contribution in [2.75, 3.05) is 0 Å². The molecule has 0 aliphatic heterocycles. The van der Waals surface area contributed by atoms with Crippen LogP contribution < -0.4 is 0 Å². The topological polar surface area (TPSA) is 0 Å². The molecular weight excluding hydrogens is 565 g/mol. The lowest BCUT2D eigenvalue weighted by molar-refractivity contribution is -0.0685. The molecule has 7 saturated carbocycles. The molecule has 0 heterocycles. The normalized spacial score (nSPS) is 53.3. The van der Waals surface area contributed by atoms with Gasteiger partial charge in [0.15, 0.2) is 0 Å². The maximum Gasteiger partial charge on any atom is -0.0210 e. The van der Waals surface area contributed by atoms with Crippen LogP contribution in [-0.4, -0.2) is 0 Å². The van der Waals surface area contributed by atoms with Crippen molar-refractivity contribution >= 4 is 0 Å². The molecule has 5 bridgehead atoms. The summed E-state index contributed by atoms with van der Waals surface area (Å²) in [6, 6.07) is 0. The van der Waals surface area contributed by atoms with Crippen LogP contribution in [-0.2, 0) is 0 Å². The number of hydrogen-bond acceptors (Lipinski definition) is 0. The molecule has 0 aromatic heterocycles. The Balaban J connectivity index is 0.000000363. The lowest BCUT2D eigenvalue weighted by Gasteiger charge is -2.56. The van der Waals surface area contributed by atoms with Crippen LogP contribution in [0.5, 0.6) is 0 Å². The minimum atomic E-state index is 0.534. The van der Waals surface area contributed by atoms with Gasteiger partial charge in [-0.3, -0.25) is 0 Å². The van der Waals surface area contributed by atoms with E-state index in [-0.39, 0.29) is 0 Å². The maximum absolute atomic E-state index is 2.87. The maximum atomic E-state index is 2.87. The van der Waals surface area contributed by atoms with Gasteiger partial charge in [-0.05, 0) is 150 Å². The molecule has 0 saturated heterocycles. The fourth-order valence-electron chi connectivity index (χ4n) is 15.3. The van der Waals surface area contributed by atoms with Gasteiger partial charge in [0, 0.05) is 0 Å². The second kappa shape index (κ2) is 13.2. The van der Waals surface area contributed by atoms with Gasteiger partial charge in [0.25, 0.3) is 0 Å². The quantitative estimate of drug-likeness (QED) is 0.283. The van der Waals surface area contributed by atoms with Crippen LogP contribution in [0.4, 0.5) is 0 Å². The Morgan fingerprint density at radius 2 is 0.617 bits per heavy atom. The highest BCUT2D eigenvalue weighted by Crippen LogP contribution is 2.87. The minimum absolute atomic E-state index is 0.534. The van der Waals surface area contributed by atoms with Gasteiger partial charge >= 0.3 is 0 Å². The second-order valence-electron chi connectivity index (χ2n) is 21.6. The Morgan fingerprint density at radius 1 is 0.340 bits per heavy atom. The number of hydrogen-bond donors (Lipinski definition) is 0. The summed E-state index contributed by atoms with van der Waals surface area (Å²) >= 11 is 0. The van der Waals surface area contributed by atoms with Crippen molar-refractivity contribution in [3.05, 3.63) is 0 Å². The molecule has 0 aromatic carbocycles. The van der Waals surface area contributed by atoms with Crippen LogP contribution in [0.2, 0.25) is 0 Å². The summed E-state index contributed by atoms with van der Waals surface area (Å²) in [5.41, 5.74) is 5.59. The molecule has 0 aromatic rings. The first-order valence-corrected chi connectivity index (χ1v) is 21.8. The van der Waals surface area contributed by atoms with Crippen LogP contribution in [0.15, 0.2) is 0 Å². The van der Waals surface area contributed by atoms with E-state index in [0.29, 0.717) is 54.1 Å². The molecule has 7 aliphatic carbocycles. The molecule has 8 atom stereocenters. The average molecular weight is 653 g/mol. The molecule has 0 spiro atoms. The molecular formula is C47H88. The van der Waals surface area contributed by atoms with Crippen molar-refractivity contribution in [1.29, 1.82) is 0 Å². The summed E-state index contributed by atoms with van der Waals surface area (Å²) in [5, 5.41) is 0. The van der Waals surface area contributed by atoms with Gasteiger partial charge < -0.3 is 0 Å². The first-order valence-electron chi connectivity index (χ1n) is 21.8. The van der Waals surface area contributed by atoms with E-state index in [4.69, 9.17) is 0 Å². The molecule has 7 aliphatic rings. The standard InChI is InChI=1S/C35H58.3C4H10/c1-26(13-15-27(2)23-28(3,16-14-26)32(7)12-10-11-31(27,32)6)35-19-17-29(4)24-30(5,18-20-35)34(9)22-25(35)21-33(29,34)8;3*1-3-4-2/h25H,10-24H2,1-9H3;3*3-4H2,1-2H3. The van der Waals surface area contributed by atoms with Crippen molar-refractivity contribution < 1.29 is 0 Å². The first kappa shape index (κ1) is 39.8. The predicted molar refractivity (Wildman–Crippen MR) is 210 cm³/mol. The van der Waals surface area contributed by atoms with Crippen LogP contribution in [0.1, 0.15) is 239 Å². The van der Waals surface area contributed by atoms with E-state index in [9.17, 15) is 0 Å². The van der Waals surface area contributed by atoms with Gasteiger partial charge in [-0.2, -0.15) is 0 Å². The number of rotatable bonds is 4. The van der Waals surface area contributed by atoms with Gasteiger partial charge in [-0.15, -0.1) is 0 Å². The van der Waals surface area contributed by atoms with Gasteiger partial charge in [-0.1, -0.05) is 149 Å². The van der Waals surface area contributed by atoms with E-state index in [1.165, 1.54) is 109 Å². The highest BCUT2D eigenvalue weighted by atomic mass is 14.8. The lowest BCUT2D eigenvalue weighted by Crippen LogP contribution is -2.47. The van der Waals surface area contributed by atoms with Crippen molar-refractivity contribution in [3.8, 4) is 0 Å². The third-order valence-electron chi connectivity index (χ3n) is 20.2. The molecule has 7 fully saturated rings. The molecule has 8 unspecified atom stereocenters. The molecule has 0 radical (unpaired) electrons. The van der Waals surface area contributed by atoms with Crippen molar-refractivity contribution in [1.82, 2.24) is 0 Å². The molecule has 0 heteroatoms. The van der Waals surface area contributed by atoms with E-state index >= 15 is 0 Å². The zero-order valence-corrected chi connectivity index (χ0v) is 35.4. The minimum Gasteiger partial charge on any atom is -0.0654 e. The summed E-state index contributed by atoms with van der Waals surface area (Å²) in [5.74, 6) is 0.981. The fourth-order valence-corrected chi connectivity index (χ4v) is 15.3. The summed E-state index contributed by atoms with van der Waals surface area (Å²) in [4.78, 5) is 0. The lowest BCUT2D eigenvalue weighted by atomic mass is 9.48. The molecule has 0 N–H and O–H groups in total. The third-order valence-corrected chi connectivity index (χ3v) is 20.2. The molecule has 7 rings (SSSR count). The summed E-state index contributed by atoms with van der Waals surface area (Å²) in [6.07, 6.45) is 30.7. The van der Waals surface area contributed by atoms with Crippen molar-refractivity contribution in [3.63, 3.8) is 0 Å². The van der Waals surface area contributed by atoms with Gasteiger partial charge in [0.2, 0.25) is 0 Å². The summed E-state index contributed by atoms with van der Waals surface area (Å²) < 4.78 is 0. The third kappa shape index (κ3) is 5.27. The Hall–Kier alpha value is 0. The van der Waals surface area contributed by atoms with Crippen LogP contribution in [0, 0.1) is 60.1 Å². The average Bonchev–Trinajstić information content (AvgIpc) is 3.57. The molecule has 47 heavy (non-hydrogen) atoms. The highest BCUT2D eigenvalue weighted by molar-refractivity contribution is 5.28. The van der Waals surface area contributed by atoms with Crippen LogP contribution in [0.3, 0.4) is 0 Å². The smallest absolute Gasteiger partial charge is 0.0210 e. The van der Waals surface area contributed by atoms with Gasteiger partial charge in [0.05, 0.1) is 0 Å². The van der Waals surface area contributed by atoms with Gasteiger partial charge in [0.1, 0.15) is 0 Å². The van der Waals surface area contributed by atoms with E-state index < -0.39 is 0 Å². The van der Waals surface area contributed by atoms with Gasteiger partial charge in [-0.25, -0.2) is 0 Å². The summed E-state index contributed by atoms with van der Waals surface area (Å²) in [6.45, 7) is 38.1. The van der Waals surface area contributed by atoms with Crippen molar-refractivity contribution in [2.45, 2.75) is 239 Å². The largest absolute Gasteiger partial charge is 0.0654 e. The molecule has 276 valence electrons. The number of unbranched alkanes of at least 4 members (excludes halogenated alkanes) is 3.